The Hall–Kier alpha value is -0.900. The van der Waals surface area contributed by atoms with Crippen LogP contribution in [0.3, 0.4) is 0 Å². The summed E-state index contributed by atoms with van der Waals surface area (Å²) in [7, 11) is 0. The lowest BCUT2D eigenvalue weighted by atomic mass is 10.1. The van der Waals surface area contributed by atoms with Crippen molar-refractivity contribution in [3.8, 4) is 0 Å². The quantitative estimate of drug-likeness (QED) is 0.800. The number of aromatic nitrogens is 3. The van der Waals surface area contributed by atoms with Gasteiger partial charge in [0.1, 0.15) is 11.6 Å². The molecule has 2 N–H and O–H groups in total. The van der Waals surface area contributed by atoms with Crippen LogP contribution >= 0.6 is 0 Å². The second kappa shape index (κ2) is 4.31. The van der Waals surface area contributed by atoms with Crippen LogP contribution in [0.2, 0.25) is 0 Å². The van der Waals surface area contributed by atoms with E-state index in [1.807, 2.05) is 0 Å². The first kappa shape index (κ1) is 10.6. The van der Waals surface area contributed by atoms with Crippen LogP contribution in [0.25, 0.3) is 0 Å². The van der Waals surface area contributed by atoms with E-state index in [2.05, 4.69) is 28.6 Å². The Balaban J connectivity index is 2.18. The van der Waals surface area contributed by atoms with Crippen LogP contribution in [0.1, 0.15) is 50.8 Å². The highest BCUT2D eigenvalue weighted by atomic mass is 15.3. The van der Waals surface area contributed by atoms with E-state index in [-0.39, 0.29) is 0 Å². The van der Waals surface area contributed by atoms with Gasteiger partial charge in [0.25, 0.3) is 0 Å². The molecule has 0 saturated heterocycles. The second-order valence-electron chi connectivity index (χ2n) is 4.56. The molecule has 1 fully saturated rings. The molecule has 1 aliphatic rings. The topological polar surface area (TPSA) is 56.7 Å². The van der Waals surface area contributed by atoms with Crippen molar-refractivity contribution < 1.29 is 0 Å². The highest BCUT2D eigenvalue weighted by Crippen LogP contribution is 2.36. The van der Waals surface area contributed by atoms with E-state index in [4.69, 9.17) is 5.73 Å². The molecule has 4 heteroatoms. The maximum Gasteiger partial charge on any atom is 0.147 e. The molecule has 15 heavy (non-hydrogen) atoms. The fraction of sp³-hybridized carbons (Fsp3) is 0.818. The van der Waals surface area contributed by atoms with Gasteiger partial charge in [-0.2, -0.15) is 0 Å². The van der Waals surface area contributed by atoms with Gasteiger partial charge in [0.2, 0.25) is 0 Å². The molecule has 2 rings (SSSR count). The molecule has 1 saturated carbocycles. The largest absolute Gasteiger partial charge is 0.324 e. The molecular formula is C11H20N4. The van der Waals surface area contributed by atoms with Crippen LogP contribution in [0, 0.1) is 5.92 Å². The van der Waals surface area contributed by atoms with Crippen molar-refractivity contribution in [2.24, 2.45) is 11.7 Å². The zero-order valence-electron chi connectivity index (χ0n) is 9.61. The minimum absolute atomic E-state index is 0.504. The van der Waals surface area contributed by atoms with Crippen LogP contribution in [-0.2, 0) is 13.0 Å². The van der Waals surface area contributed by atoms with Gasteiger partial charge >= 0.3 is 0 Å². The van der Waals surface area contributed by atoms with E-state index in [1.165, 1.54) is 19.3 Å². The van der Waals surface area contributed by atoms with Crippen molar-refractivity contribution in [3.63, 3.8) is 0 Å². The molecule has 0 amide bonds. The fourth-order valence-corrected chi connectivity index (χ4v) is 1.85. The number of nitrogens with two attached hydrogens (primary N) is 1. The Morgan fingerprint density at radius 1 is 1.40 bits per heavy atom. The van der Waals surface area contributed by atoms with E-state index < -0.39 is 0 Å². The summed E-state index contributed by atoms with van der Waals surface area (Å²) in [5.74, 6) is 2.76. The van der Waals surface area contributed by atoms with E-state index >= 15 is 0 Å². The minimum atomic E-state index is 0.504. The average Bonchev–Trinajstić information content (AvgIpc) is 3.00. The summed E-state index contributed by atoms with van der Waals surface area (Å²) in [5.41, 5.74) is 5.67. The molecule has 0 bridgehead atoms. The summed E-state index contributed by atoms with van der Waals surface area (Å²) < 4.78 is 2.27. The third kappa shape index (κ3) is 2.20. The molecule has 1 aliphatic carbocycles. The SMILES string of the molecule is CCC(C)Cc1nnc(CN)n1C1CC1. The molecule has 1 atom stereocenters. The van der Waals surface area contributed by atoms with Gasteiger partial charge in [0.05, 0.1) is 6.54 Å². The Labute approximate surface area is 90.9 Å². The first-order valence-corrected chi connectivity index (χ1v) is 5.89. The lowest BCUT2D eigenvalue weighted by Gasteiger charge is -2.10. The molecule has 1 heterocycles. The Morgan fingerprint density at radius 2 is 2.07 bits per heavy atom. The molecule has 1 unspecified atom stereocenters. The zero-order valence-corrected chi connectivity index (χ0v) is 9.61. The number of nitrogens with zero attached hydrogens (tertiary/aromatic N) is 3. The smallest absolute Gasteiger partial charge is 0.147 e. The zero-order chi connectivity index (χ0) is 10.8. The monoisotopic (exact) mass is 208 g/mol. The van der Waals surface area contributed by atoms with E-state index in [0.29, 0.717) is 18.5 Å². The third-order valence-corrected chi connectivity index (χ3v) is 3.16. The molecular weight excluding hydrogens is 188 g/mol. The molecule has 0 radical (unpaired) electrons. The molecule has 1 aromatic rings. The van der Waals surface area contributed by atoms with Crippen LogP contribution in [0.15, 0.2) is 0 Å². The highest BCUT2D eigenvalue weighted by Gasteiger charge is 2.29. The van der Waals surface area contributed by atoms with Crippen LogP contribution in [0.4, 0.5) is 0 Å². The van der Waals surface area contributed by atoms with Gasteiger partial charge in [-0.3, -0.25) is 0 Å². The second-order valence-corrected chi connectivity index (χ2v) is 4.56. The van der Waals surface area contributed by atoms with Gasteiger partial charge in [-0.05, 0) is 18.8 Å². The van der Waals surface area contributed by atoms with Gasteiger partial charge < -0.3 is 10.3 Å². The molecule has 1 aromatic heterocycles. The Kier molecular flexibility index (Phi) is 3.05. The molecule has 0 aliphatic heterocycles. The highest BCUT2D eigenvalue weighted by molar-refractivity contribution is 5.03. The summed E-state index contributed by atoms with van der Waals surface area (Å²) in [5, 5.41) is 8.44. The lowest BCUT2D eigenvalue weighted by molar-refractivity contribution is 0.517. The van der Waals surface area contributed by atoms with E-state index in [1.54, 1.807) is 0 Å². The van der Waals surface area contributed by atoms with Gasteiger partial charge in [0, 0.05) is 12.5 Å². The molecule has 0 aromatic carbocycles. The maximum absolute atomic E-state index is 5.67. The van der Waals surface area contributed by atoms with Crippen molar-refractivity contribution in [1.82, 2.24) is 14.8 Å². The van der Waals surface area contributed by atoms with Crippen molar-refractivity contribution in [2.75, 3.05) is 0 Å². The lowest BCUT2D eigenvalue weighted by Crippen LogP contribution is -2.11. The number of rotatable bonds is 5. The van der Waals surface area contributed by atoms with Gasteiger partial charge in [-0.1, -0.05) is 20.3 Å². The minimum Gasteiger partial charge on any atom is -0.324 e. The molecule has 84 valence electrons. The third-order valence-electron chi connectivity index (χ3n) is 3.16. The van der Waals surface area contributed by atoms with Crippen molar-refractivity contribution in [1.29, 1.82) is 0 Å². The fourth-order valence-electron chi connectivity index (χ4n) is 1.85. The van der Waals surface area contributed by atoms with Gasteiger partial charge in [0.15, 0.2) is 0 Å². The van der Waals surface area contributed by atoms with Crippen LogP contribution < -0.4 is 5.73 Å². The average molecular weight is 208 g/mol. The summed E-state index contributed by atoms with van der Waals surface area (Å²) in [6.45, 7) is 4.98. The van der Waals surface area contributed by atoms with E-state index in [9.17, 15) is 0 Å². The van der Waals surface area contributed by atoms with Crippen molar-refractivity contribution in [2.45, 2.75) is 52.1 Å². The van der Waals surface area contributed by atoms with Crippen LogP contribution in [0.5, 0.6) is 0 Å². The standard InChI is InChI=1S/C11H20N4/c1-3-8(2)6-10-13-14-11(7-12)15(10)9-4-5-9/h8-9H,3-7,12H2,1-2H3. The Morgan fingerprint density at radius 3 is 2.60 bits per heavy atom. The first-order valence-electron chi connectivity index (χ1n) is 5.89. The normalized spacial score (nSPS) is 18.1. The predicted octanol–water partition coefficient (Wildman–Crippen LogP) is 1.66. The van der Waals surface area contributed by atoms with Crippen molar-refractivity contribution in [3.05, 3.63) is 11.6 Å². The van der Waals surface area contributed by atoms with Crippen LogP contribution in [-0.4, -0.2) is 14.8 Å². The van der Waals surface area contributed by atoms with Gasteiger partial charge in [-0.15, -0.1) is 10.2 Å². The number of hydrogen-bond acceptors (Lipinski definition) is 3. The van der Waals surface area contributed by atoms with E-state index in [0.717, 1.165) is 18.1 Å². The molecule has 4 nitrogen and oxygen atoms in total. The molecule has 0 spiro atoms. The Bertz CT molecular complexity index is 327. The van der Waals surface area contributed by atoms with Gasteiger partial charge in [-0.25, -0.2) is 0 Å². The first-order chi connectivity index (χ1) is 7.26. The van der Waals surface area contributed by atoms with Crippen molar-refractivity contribution >= 4 is 0 Å². The summed E-state index contributed by atoms with van der Waals surface area (Å²) >= 11 is 0. The summed E-state index contributed by atoms with van der Waals surface area (Å²) in [4.78, 5) is 0. The summed E-state index contributed by atoms with van der Waals surface area (Å²) in [6, 6.07) is 0.637. The summed E-state index contributed by atoms with van der Waals surface area (Å²) in [6.07, 6.45) is 4.74. The maximum atomic E-state index is 5.67. The number of hydrogen-bond donors (Lipinski definition) is 1. The predicted molar refractivity (Wildman–Crippen MR) is 59.3 cm³/mol.